The van der Waals surface area contributed by atoms with E-state index in [0.29, 0.717) is 12.0 Å². The van der Waals surface area contributed by atoms with E-state index in [0.717, 1.165) is 31.0 Å². The second-order valence-corrected chi connectivity index (χ2v) is 5.48. The van der Waals surface area contributed by atoms with Crippen molar-refractivity contribution in [1.29, 1.82) is 0 Å². The monoisotopic (exact) mass is 252 g/mol. The third-order valence-electron chi connectivity index (χ3n) is 3.53. The van der Waals surface area contributed by atoms with E-state index in [1.165, 1.54) is 12.1 Å². The Bertz CT molecular complexity index is 350. The Morgan fingerprint density at radius 3 is 2.65 bits per heavy atom. The molecular formula is C14H21ClN2. The second-order valence-electron chi connectivity index (χ2n) is 5.04. The molecule has 0 amide bonds. The molecule has 1 aromatic rings. The lowest BCUT2D eigenvalue weighted by molar-refractivity contribution is 0.163. The fourth-order valence-corrected chi connectivity index (χ4v) is 2.83. The first-order chi connectivity index (χ1) is 8.17. The van der Waals surface area contributed by atoms with E-state index < -0.39 is 0 Å². The quantitative estimate of drug-likeness (QED) is 0.896. The minimum atomic E-state index is 0.334. The van der Waals surface area contributed by atoms with Gasteiger partial charge in [-0.1, -0.05) is 30.7 Å². The van der Waals surface area contributed by atoms with Crippen LogP contribution >= 0.6 is 11.6 Å². The Balaban J connectivity index is 1.95. The molecule has 0 aliphatic carbocycles. The van der Waals surface area contributed by atoms with Crippen LogP contribution in [-0.2, 0) is 6.42 Å². The number of likely N-dealkylation sites (tertiary alicyclic amines) is 1. The van der Waals surface area contributed by atoms with Gasteiger partial charge in [-0.25, -0.2) is 0 Å². The van der Waals surface area contributed by atoms with E-state index in [4.69, 9.17) is 17.3 Å². The summed E-state index contributed by atoms with van der Waals surface area (Å²) in [5.74, 6) is 0.680. The first-order valence-corrected chi connectivity index (χ1v) is 6.77. The third-order valence-corrected chi connectivity index (χ3v) is 3.78. The molecule has 1 heterocycles. The second kappa shape index (κ2) is 5.85. The number of hydrogen-bond donors (Lipinski definition) is 1. The van der Waals surface area contributed by atoms with Gasteiger partial charge in [-0.05, 0) is 43.0 Å². The lowest BCUT2D eigenvalue weighted by atomic mass is 9.89. The number of piperidine rings is 1. The zero-order valence-corrected chi connectivity index (χ0v) is 11.2. The van der Waals surface area contributed by atoms with Crippen LogP contribution in [0.2, 0.25) is 5.02 Å². The van der Waals surface area contributed by atoms with Gasteiger partial charge in [0.1, 0.15) is 0 Å². The first-order valence-electron chi connectivity index (χ1n) is 6.39. The van der Waals surface area contributed by atoms with Gasteiger partial charge < -0.3 is 10.6 Å². The van der Waals surface area contributed by atoms with Crippen LogP contribution in [0.5, 0.6) is 0 Å². The number of nitrogens with two attached hydrogens (primary N) is 1. The van der Waals surface area contributed by atoms with Crippen molar-refractivity contribution in [3.63, 3.8) is 0 Å². The molecule has 0 aromatic heterocycles. The maximum absolute atomic E-state index is 6.11. The summed E-state index contributed by atoms with van der Waals surface area (Å²) in [5, 5.41) is 0.810. The summed E-state index contributed by atoms with van der Waals surface area (Å²) in [6, 6.07) is 8.52. The molecular weight excluding hydrogens is 232 g/mol. The van der Waals surface area contributed by atoms with Crippen molar-refractivity contribution >= 4 is 11.6 Å². The van der Waals surface area contributed by atoms with Gasteiger partial charge in [0.2, 0.25) is 0 Å². The molecule has 2 unspecified atom stereocenters. The van der Waals surface area contributed by atoms with E-state index in [2.05, 4.69) is 24.0 Å². The highest BCUT2D eigenvalue weighted by molar-refractivity contribution is 6.30. The smallest absolute Gasteiger partial charge is 0.0406 e. The normalized spacial score (nSPS) is 26.1. The molecule has 2 atom stereocenters. The molecule has 1 aromatic carbocycles. The van der Waals surface area contributed by atoms with Crippen molar-refractivity contribution in [3.05, 3.63) is 34.9 Å². The summed E-state index contributed by atoms with van der Waals surface area (Å²) in [6.07, 6.45) is 2.25. The minimum Gasteiger partial charge on any atom is -0.327 e. The van der Waals surface area contributed by atoms with Crippen LogP contribution in [0.4, 0.5) is 0 Å². The predicted octanol–water partition coefficient (Wildman–Crippen LogP) is 2.55. The van der Waals surface area contributed by atoms with Crippen molar-refractivity contribution in [2.45, 2.75) is 25.8 Å². The first kappa shape index (κ1) is 12.9. The molecule has 2 nitrogen and oxygen atoms in total. The number of benzene rings is 1. The predicted molar refractivity (Wildman–Crippen MR) is 73.4 cm³/mol. The van der Waals surface area contributed by atoms with E-state index >= 15 is 0 Å². The SMILES string of the molecule is CCN1CC(N)CC(Cc2ccc(Cl)cc2)C1. The van der Waals surface area contributed by atoms with Gasteiger partial charge in [0.05, 0.1) is 0 Å². The molecule has 1 fully saturated rings. The zero-order chi connectivity index (χ0) is 12.3. The minimum absolute atomic E-state index is 0.334. The molecule has 1 saturated heterocycles. The van der Waals surface area contributed by atoms with Gasteiger partial charge in [-0.3, -0.25) is 0 Å². The van der Waals surface area contributed by atoms with E-state index in [1.807, 2.05) is 12.1 Å². The maximum Gasteiger partial charge on any atom is 0.0406 e. The van der Waals surface area contributed by atoms with Gasteiger partial charge in [0.15, 0.2) is 0 Å². The summed E-state index contributed by atoms with van der Waals surface area (Å²) >= 11 is 5.89. The van der Waals surface area contributed by atoms with Crippen molar-refractivity contribution < 1.29 is 0 Å². The van der Waals surface area contributed by atoms with Crippen LogP contribution in [-0.4, -0.2) is 30.6 Å². The Kier molecular flexibility index (Phi) is 4.43. The summed E-state index contributed by atoms with van der Waals surface area (Å²) < 4.78 is 0. The molecule has 0 radical (unpaired) electrons. The average Bonchev–Trinajstić information content (AvgIpc) is 2.31. The molecule has 0 bridgehead atoms. The number of rotatable bonds is 3. The fourth-order valence-electron chi connectivity index (χ4n) is 2.71. The van der Waals surface area contributed by atoms with Crippen molar-refractivity contribution in [2.24, 2.45) is 11.7 Å². The van der Waals surface area contributed by atoms with Crippen LogP contribution in [0.15, 0.2) is 24.3 Å². The van der Waals surface area contributed by atoms with E-state index in [9.17, 15) is 0 Å². The number of hydrogen-bond acceptors (Lipinski definition) is 2. The Hall–Kier alpha value is -0.570. The standard InChI is InChI=1S/C14H21ClN2/c1-2-17-9-12(8-14(16)10-17)7-11-3-5-13(15)6-4-11/h3-6,12,14H,2,7-10,16H2,1H3. The highest BCUT2D eigenvalue weighted by Gasteiger charge is 2.23. The van der Waals surface area contributed by atoms with Crippen molar-refractivity contribution in [3.8, 4) is 0 Å². The van der Waals surface area contributed by atoms with Gasteiger partial charge in [-0.15, -0.1) is 0 Å². The summed E-state index contributed by atoms with van der Waals surface area (Å²) in [7, 11) is 0. The van der Waals surface area contributed by atoms with Crippen LogP contribution in [0.3, 0.4) is 0 Å². The van der Waals surface area contributed by atoms with Crippen LogP contribution < -0.4 is 5.73 Å². The molecule has 2 N–H and O–H groups in total. The molecule has 17 heavy (non-hydrogen) atoms. The molecule has 3 heteroatoms. The molecule has 1 aliphatic heterocycles. The molecule has 1 aliphatic rings. The third kappa shape index (κ3) is 3.70. The highest BCUT2D eigenvalue weighted by Crippen LogP contribution is 2.21. The van der Waals surface area contributed by atoms with Crippen molar-refractivity contribution in [1.82, 2.24) is 4.90 Å². The fraction of sp³-hybridized carbons (Fsp3) is 0.571. The lowest BCUT2D eigenvalue weighted by Crippen LogP contribution is -2.47. The topological polar surface area (TPSA) is 29.3 Å². The molecule has 0 spiro atoms. The largest absolute Gasteiger partial charge is 0.327 e. The van der Waals surface area contributed by atoms with Crippen molar-refractivity contribution in [2.75, 3.05) is 19.6 Å². The van der Waals surface area contributed by atoms with Crippen LogP contribution in [0.1, 0.15) is 18.9 Å². The lowest BCUT2D eigenvalue weighted by Gasteiger charge is -2.35. The van der Waals surface area contributed by atoms with Crippen LogP contribution in [0, 0.1) is 5.92 Å². The Labute approximate surface area is 109 Å². The van der Waals surface area contributed by atoms with E-state index in [1.54, 1.807) is 0 Å². The number of halogens is 1. The maximum atomic E-state index is 6.11. The molecule has 0 saturated carbocycles. The number of likely N-dealkylation sites (N-methyl/N-ethyl adjacent to an activating group) is 1. The average molecular weight is 253 g/mol. The zero-order valence-electron chi connectivity index (χ0n) is 10.4. The number of nitrogens with zero attached hydrogens (tertiary/aromatic N) is 1. The van der Waals surface area contributed by atoms with Gasteiger partial charge in [0, 0.05) is 24.2 Å². The Morgan fingerprint density at radius 1 is 1.29 bits per heavy atom. The molecule has 2 rings (SSSR count). The summed E-state index contributed by atoms with van der Waals surface area (Å²) in [4.78, 5) is 2.45. The van der Waals surface area contributed by atoms with Crippen LogP contribution in [0.25, 0.3) is 0 Å². The Morgan fingerprint density at radius 2 is 2.00 bits per heavy atom. The summed E-state index contributed by atoms with van der Waals surface area (Å²) in [5.41, 5.74) is 7.47. The van der Waals surface area contributed by atoms with Gasteiger partial charge in [-0.2, -0.15) is 0 Å². The summed E-state index contributed by atoms with van der Waals surface area (Å²) in [6.45, 7) is 5.53. The molecule has 94 valence electrons. The highest BCUT2D eigenvalue weighted by atomic mass is 35.5. The van der Waals surface area contributed by atoms with Gasteiger partial charge >= 0.3 is 0 Å². The van der Waals surface area contributed by atoms with Gasteiger partial charge in [0.25, 0.3) is 0 Å². The van der Waals surface area contributed by atoms with E-state index in [-0.39, 0.29) is 0 Å².